The summed E-state index contributed by atoms with van der Waals surface area (Å²) in [7, 11) is 3.64. The highest BCUT2D eigenvalue weighted by Gasteiger charge is 2.22. The first-order valence-corrected chi connectivity index (χ1v) is 10.9. The molecule has 2 heterocycles. The third-order valence-corrected chi connectivity index (χ3v) is 6.16. The first kappa shape index (κ1) is 21.1. The second-order valence-electron chi connectivity index (χ2n) is 7.20. The number of rotatable bonds is 7. The molecule has 2 aromatic carbocycles. The van der Waals surface area contributed by atoms with Gasteiger partial charge in [-0.2, -0.15) is 0 Å². The largest absolute Gasteiger partial charge is 0.383 e. The number of fused-ring (bicyclic) bond motifs is 1. The zero-order valence-corrected chi connectivity index (χ0v) is 18.3. The summed E-state index contributed by atoms with van der Waals surface area (Å²) in [6, 6.07) is 18.1. The van der Waals surface area contributed by atoms with Crippen molar-refractivity contribution < 1.29 is 13.9 Å². The number of aromatic nitrogens is 1. The topological polar surface area (TPSA) is 46.5 Å². The van der Waals surface area contributed by atoms with E-state index in [-0.39, 0.29) is 11.7 Å². The molecule has 0 aliphatic heterocycles. The van der Waals surface area contributed by atoms with Crippen molar-refractivity contribution in [3.05, 3.63) is 77.4 Å². The van der Waals surface area contributed by atoms with Gasteiger partial charge in [-0.1, -0.05) is 36.4 Å². The molecule has 2 aromatic heterocycles. The van der Waals surface area contributed by atoms with Crippen LogP contribution in [0.1, 0.15) is 5.56 Å². The van der Waals surface area contributed by atoms with Gasteiger partial charge in [-0.05, 0) is 29.6 Å². The molecule has 0 bridgehead atoms. The van der Waals surface area contributed by atoms with E-state index < -0.39 is 5.82 Å². The van der Waals surface area contributed by atoms with Crippen molar-refractivity contribution in [3.63, 3.8) is 0 Å². The molecule has 0 saturated heterocycles. The lowest BCUT2D eigenvalue weighted by Gasteiger charge is -2.23. The Morgan fingerprint density at radius 1 is 1.13 bits per heavy atom. The van der Waals surface area contributed by atoms with Crippen LogP contribution in [0.2, 0.25) is 0 Å². The first-order chi connectivity index (χ1) is 15.1. The molecule has 7 heteroatoms. The van der Waals surface area contributed by atoms with E-state index >= 15 is 0 Å². The minimum absolute atomic E-state index is 0.159. The number of nitrogens with zero attached hydrogens (tertiary/aromatic N) is 2. The van der Waals surface area contributed by atoms with E-state index in [0.717, 1.165) is 27.0 Å². The van der Waals surface area contributed by atoms with Crippen molar-refractivity contribution in [1.29, 1.82) is 0 Å². The lowest BCUT2D eigenvalue weighted by molar-refractivity contribution is 0.153. The van der Waals surface area contributed by atoms with Gasteiger partial charge in [-0.25, -0.2) is 9.18 Å². The molecule has 0 aliphatic carbocycles. The Bertz CT molecular complexity index is 1190. The molecular weight excluding hydrogens is 413 g/mol. The van der Waals surface area contributed by atoms with Gasteiger partial charge in [0, 0.05) is 37.2 Å². The molecule has 0 saturated carbocycles. The van der Waals surface area contributed by atoms with Crippen molar-refractivity contribution in [2.45, 2.75) is 6.54 Å². The number of nitrogens with one attached hydrogen (secondary N) is 1. The number of carbonyl (C=O) groups is 1. The van der Waals surface area contributed by atoms with E-state index in [1.165, 1.54) is 6.07 Å². The maximum absolute atomic E-state index is 14.1. The summed E-state index contributed by atoms with van der Waals surface area (Å²) in [5.74, 6) is -0.466. The summed E-state index contributed by atoms with van der Waals surface area (Å²) < 4.78 is 21.5. The normalized spacial score (nSPS) is 11.1. The number of hydrogen-bond acceptors (Lipinski definition) is 3. The second kappa shape index (κ2) is 9.32. The highest BCUT2D eigenvalue weighted by molar-refractivity contribution is 7.13. The summed E-state index contributed by atoms with van der Waals surface area (Å²) in [6.45, 7) is 1.13. The van der Waals surface area contributed by atoms with Crippen LogP contribution in [0.15, 0.2) is 66.0 Å². The highest BCUT2D eigenvalue weighted by Crippen LogP contribution is 2.36. The molecule has 0 fully saturated rings. The van der Waals surface area contributed by atoms with Gasteiger partial charge in [0.1, 0.15) is 5.82 Å². The monoisotopic (exact) mass is 437 g/mol. The van der Waals surface area contributed by atoms with Crippen LogP contribution in [0.3, 0.4) is 0 Å². The maximum atomic E-state index is 14.1. The van der Waals surface area contributed by atoms with Crippen LogP contribution in [0.4, 0.5) is 14.9 Å². The van der Waals surface area contributed by atoms with Crippen LogP contribution in [0.25, 0.3) is 21.5 Å². The Morgan fingerprint density at radius 2 is 1.90 bits per heavy atom. The van der Waals surface area contributed by atoms with Crippen LogP contribution >= 0.6 is 11.3 Å². The van der Waals surface area contributed by atoms with Crippen molar-refractivity contribution in [1.82, 2.24) is 9.47 Å². The van der Waals surface area contributed by atoms with Crippen molar-refractivity contribution >= 4 is 34.0 Å². The number of amides is 2. The molecule has 1 N–H and O–H groups in total. The molecule has 0 spiro atoms. The number of para-hydroxylation sites is 2. The Hall–Kier alpha value is -3.16. The molecular formula is C24H24FN3O2S. The molecule has 4 rings (SSSR count). The van der Waals surface area contributed by atoms with E-state index in [4.69, 9.17) is 4.74 Å². The molecule has 2 amide bonds. The number of hydrogen-bond donors (Lipinski definition) is 1. The number of aryl methyl sites for hydroxylation is 1. The molecule has 31 heavy (non-hydrogen) atoms. The lowest BCUT2D eigenvalue weighted by Crippen LogP contribution is -2.37. The molecule has 0 radical (unpaired) electrons. The third kappa shape index (κ3) is 4.33. The van der Waals surface area contributed by atoms with Gasteiger partial charge in [0.2, 0.25) is 0 Å². The number of thiophene rings is 1. The van der Waals surface area contributed by atoms with Crippen molar-refractivity contribution in [2.24, 2.45) is 7.05 Å². The molecule has 160 valence electrons. The van der Waals surface area contributed by atoms with Gasteiger partial charge in [0.05, 0.1) is 29.4 Å². The molecule has 5 nitrogen and oxygen atoms in total. The van der Waals surface area contributed by atoms with Gasteiger partial charge in [-0.15, -0.1) is 11.3 Å². The van der Waals surface area contributed by atoms with Crippen LogP contribution < -0.4 is 5.32 Å². The zero-order valence-electron chi connectivity index (χ0n) is 17.5. The van der Waals surface area contributed by atoms with E-state index in [1.54, 1.807) is 41.5 Å². The Balaban J connectivity index is 1.72. The highest BCUT2D eigenvalue weighted by atomic mass is 32.1. The fourth-order valence-electron chi connectivity index (χ4n) is 3.76. The lowest BCUT2D eigenvalue weighted by atomic mass is 10.1. The van der Waals surface area contributed by atoms with Crippen LogP contribution in [-0.4, -0.2) is 35.8 Å². The summed E-state index contributed by atoms with van der Waals surface area (Å²) in [5.41, 5.74) is 3.39. The van der Waals surface area contributed by atoms with Gasteiger partial charge in [-0.3, -0.25) is 0 Å². The fourth-order valence-corrected chi connectivity index (χ4v) is 4.59. The molecule has 0 aliphatic rings. The van der Waals surface area contributed by atoms with E-state index in [1.807, 2.05) is 30.6 Å². The smallest absolute Gasteiger partial charge is 0.322 e. The number of carbonyl (C=O) groups excluding carboxylic acids is 1. The average Bonchev–Trinajstić information content (AvgIpc) is 3.39. The zero-order chi connectivity index (χ0) is 21.8. The Labute approximate surface area is 184 Å². The number of benzene rings is 2. The third-order valence-electron chi connectivity index (χ3n) is 5.28. The Morgan fingerprint density at radius 3 is 2.65 bits per heavy atom. The number of ether oxygens (including phenoxy) is 1. The molecule has 0 atom stereocenters. The van der Waals surface area contributed by atoms with Gasteiger partial charge in [0.15, 0.2) is 0 Å². The first-order valence-electron chi connectivity index (χ1n) is 9.99. The fraction of sp³-hybridized carbons (Fsp3) is 0.208. The minimum Gasteiger partial charge on any atom is -0.383 e. The van der Waals surface area contributed by atoms with Crippen molar-refractivity contribution in [2.75, 3.05) is 25.6 Å². The standard InChI is InChI=1S/C24H24FN3O2S/c1-27-21-11-6-3-8-17(21)18(23(27)22-12-7-15-31-22)16-28(13-14-30-2)24(29)26-20-10-5-4-9-19(20)25/h3-12,15H,13-14,16H2,1-2H3,(H,26,29). The van der Waals surface area contributed by atoms with Gasteiger partial charge >= 0.3 is 6.03 Å². The van der Waals surface area contributed by atoms with Crippen LogP contribution in [0.5, 0.6) is 0 Å². The minimum atomic E-state index is -0.466. The van der Waals surface area contributed by atoms with Gasteiger partial charge in [0.25, 0.3) is 0 Å². The van der Waals surface area contributed by atoms with E-state index in [0.29, 0.717) is 19.7 Å². The predicted octanol–water partition coefficient (Wildman–Crippen LogP) is 5.73. The molecule has 0 unspecified atom stereocenters. The summed E-state index contributed by atoms with van der Waals surface area (Å²) in [4.78, 5) is 15.9. The van der Waals surface area contributed by atoms with Crippen LogP contribution in [-0.2, 0) is 18.3 Å². The average molecular weight is 438 g/mol. The van der Waals surface area contributed by atoms with Crippen LogP contribution in [0, 0.1) is 5.82 Å². The van der Waals surface area contributed by atoms with E-state index in [9.17, 15) is 9.18 Å². The Kier molecular flexibility index (Phi) is 6.34. The quantitative estimate of drug-likeness (QED) is 0.402. The second-order valence-corrected chi connectivity index (χ2v) is 8.15. The van der Waals surface area contributed by atoms with E-state index in [2.05, 4.69) is 28.1 Å². The molecule has 4 aromatic rings. The number of anilines is 1. The predicted molar refractivity (Wildman–Crippen MR) is 124 cm³/mol. The number of halogens is 1. The SMILES string of the molecule is COCCN(Cc1c(-c2cccs2)n(C)c2ccccc12)C(=O)Nc1ccccc1F. The van der Waals surface area contributed by atoms with Gasteiger partial charge < -0.3 is 19.5 Å². The summed E-state index contributed by atoms with van der Waals surface area (Å²) in [5, 5.41) is 5.84. The van der Waals surface area contributed by atoms with Crippen molar-refractivity contribution in [3.8, 4) is 10.6 Å². The number of methoxy groups -OCH3 is 1. The summed E-state index contributed by atoms with van der Waals surface area (Å²) >= 11 is 1.66. The number of urea groups is 1. The maximum Gasteiger partial charge on any atom is 0.322 e. The summed E-state index contributed by atoms with van der Waals surface area (Å²) in [6.07, 6.45) is 0.